The quantitative estimate of drug-likeness (QED) is 0.551. The van der Waals surface area contributed by atoms with Crippen molar-refractivity contribution in [2.75, 3.05) is 11.1 Å². The zero-order chi connectivity index (χ0) is 18.2. The third kappa shape index (κ3) is 2.90. The third-order valence-corrected chi connectivity index (χ3v) is 7.79. The summed E-state index contributed by atoms with van der Waals surface area (Å²) in [6.45, 7) is 3.35. The zero-order valence-corrected chi connectivity index (χ0v) is 14.4. The van der Waals surface area contributed by atoms with Gasteiger partial charge in [0.1, 0.15) is 5.75 Å². The smallest absolute Gasteiger partial charge is 0.255 e. The minimum absolute atomic E-state index is 0.0145. The lowest BCUT2D eigenvalue weighted by atomic mass is 9.96. The second-order valence-corrected chi connectivity index (χ2v) is 8.88. The molecule has 3 rings (SSSR count). The van der Waals surface area contributed by atoms with Crippen LogP contribution < -0.4 is 10.6 Å². The number of benzene rings is 1. The number of sulfone groups is 1. The fourth-order valence-corrected chi connectivity index (χ4v) is 6.05. The van der Waals surface area contributed by atoms with E-state index in [2.05, 4.69) is 17.2 Å². The van der Waals surface area contributed by atoms with Crippen LogP contribution in [0.4, 0.5) is 5.69 Å². The molecule has 0 bridgehead atoms. The van der Waals surface area contributed by atoms with Gasteiger partial charge in [-0.2, -0.15) is 0 Å². The summed E-state index contributed by atoms with van der Waals surface area (Å²) in [4.78, 5) is 23.9. The Kier molecular flexibility index (Phi) is 4.32. The molecule has 0 radical (unpaired) electrons. The molecule has 1 atom stereocenters. The molecule has 1 aromatic rings. The van der Waals surface area contributed by atoms with E-state index in [1.807, 2.05) is 0 Å². The van der Waals surface area contributed by atoms with Crippen molar-refractivity contribution in [3.8, 4) is 5.75 Å². The van der Waals surface area contributed by atoms with Crippen molar-refractivity contribution < 1.29 is 23.1 Å². The lowest BCUT2D eigenvalue weighted by molar-refractivity contribution is -0.111. The van der Waals surface area contributed by atoms with Gasteiger partial charge in [-0.1, -0.05) is 19.4 Å². The van der Waals surface area contributed by atoms with E-state index < -0.39 is 32.4 Å². The predicted octanol–water partition coefficient (Wildman–Crippen LogP) is 1.36. The fourth-order valence-electron chi connectivity index (χ4n) is 3.69. The van der Waals surface area contributed by atoms with Gasteiger partial charge in [-0.05, 0) is 37.1 Å². The molecule has 1 heterocycles. The number of hydrogen-bond acceptors (Lipinski definition) is 5. The molecule has 2 fully saturated rings. The molecule has 1 aliphatic heterocycles. The summed E-state index contributed by atoms with van der Waals surface area (Å²) in [6, 6.07) is 3.66. The minimum atomic E-state index is -3.18. The van der Waals surface area contributed by atoms with E-state index in [4.69, 9.17) is 0 Å². The Bertz CT molecular complexity index is 841. The summed E-state index contributed by atoms with van der Waals surface area (Å²) in [5.74, 6) is -1.31. The highest BCUT2D eigenvalue weighted by Crippen LogP contribution is 2.47. The Morgan fingerprint density at radius 1 is 1.28 bits per heavy atom. The lowest BCUT2D eigenvalue weighted by Gasteiger charge is -2.46. The summed E-state index contributed by atoms with van der Waals surface area (Å²) < 4.78 is 23.5. The van der Waals surface area contributed by atoms with E-state index in [1.165, 1.54) is 18.2 Å². The van der Waals surface area contributed by atoms with Crippen molar-refractivity contribution in [3.05, 3.63) is 36.4 Å². The number of amides is 2. The summed E-state index contributed by atoms with van der Waals surface area (Å²) in [7, 11) is -3.18. The van der Waals surface area contributed by atoms with E-state index in [0.29, 0.717) is 18.5 Å². The van der Waals surface area contributed by atoms with Crippen LogP contribution in [0.15, 0.2) is 30.9 Å². The van der Waals surface area contributed by atoms with Gasteiger partial charge in [0.2, 0.25) is 5.91 Å². The molecule has 25 heavy (non-hydrogen) atoms. The molecular weight excluding hydrogens is 344 g/mol. The van der Waals surface area contributed by atoms with Gasteiger partial charge in [-0.15, -0.1) is 0 Å². The number of anilines is 1. The molecule has 1 unspecified atom stereocenters. The second kappa shape index (κ2) is 6.18. The second-order valence-electron chi connectivity index (χ2n) is 6.50. The first-order valence-electron chi connectivity index (χ1n) is 8.09. The minimum Gasteiger partial charge on any atom is -0.507 e. The highest BCUT2D eigenvalue weighted by Gasteiger charge is 2.61. The van der Waals surface area contributed by atoms with Gasteiger partial charge in [-0.3, -0.25) is 9.59 Å². The summed E-state index contributed by atoms with van der Waals surface area (Å²) in [5.41, 5.74) is 0.323. The average molecular weight is 364 g/mol. The van der Waals surface area contributed by atoms with Crippen LogP contribution in [0.2, 0.25) is 0 Å². The van der Waals surface area contributed by atoms with Gasteiger partial charge >= 0.3 is 0 Å². The van der Waals surface area contributed by atoms with Crippen molar-refractivity contribution in [1.82, 2.24) is 5.32 Å². The fraction of sp³-hybridized carbons (Fsp3) is 0.412. The molecule has 3 N–H and O–H groups in total. The van der Waals surface area contributed by atoms with Crippen LogP contribution in [0.5, 0.6) is 5.75 Å². The van der Waals surface area contributed by atoms with Crippen LogP contribution >= 0.6 is 0 Å². The molecule has 1 aromatic carbocycles. The number of nitrogens with one attached hydrogen (secondary N) is 2. The van der Waals surface area contributed by atoms with E-state index >= 15 is 0 Å². The summed E-state index contributed by atoms with van der Waals surface area (Å²) in [5, 5.41) is 15.2. The predicted molar refractivity (Wildman–Crippen MR) is 93.2 cm³/mol. The molecule has 8 heteroatoms. The molecule has 2 aliphatic rings. The Hall–Kier alpha value is -2.35. The van der Waals surface area contributed by atoms with Crippen LogP contribution in [-0.4, -0.2) is 41.9 Å². The maximum absolute atomic E-state index is 12.5. The van der Waals surface area contributed by atoms with E-state index in [9.17, 15) is 23.1 Å². The maximum Gasteiger partial charge on any atom is 0.255 e. The zero-order valence-electron chi connectivity index (χ0n) is 13.6. The Balaban J connectivity index is 1.79. The van der Waals surface area contributed by atoms with Crippen LogP contribution in [0.25, 0.3) is 0 Å². The Morgan fingerprint density at radius 3 is 2.56 bits per heavy atom. The van der Waals surface area contributed by atoms with E-state index in [1.54, 1.807) is 0 Å². The number of phenolic OH excluding ortho intramolecular Hbond substituents is 1. The monoisotopic (exact) mass is 364 g/mol. The first kappa shape index (κ1) is 17.5. The molecule has 1 spiro atoms. The van der Waals surface area contributed by atoms with Crippen LogP contribution in [0, 0.1) is 0 Å². The first-order chi connectivity index (χ1) is 11.8. The highest BCUT2D eigenvalue weighted by molar-refractivity contribution is 7.94. The van der Waals surface area contributed by atoms with Gasteiger partial charge in [0.25, 0.3) is 5.91 Å². The topological polar surface area (TPSA) is 113 Å². The molecule has 2 amide bonds. The number of carbonyl (C=O) groups excluding carboxylic acids is 2. The number of hydrogen-bond donors (Lipinski definition) is 3. The number of carbonyl (C=O) groups is 2. The largest absolute Gasteiger partial charge is 0.507 e. The van der Waals surface area contributed by atoms with E-state index in [0.717, 1.165) is 18.9 Å². The standard InChI is InChI=1S/C17H20N2O5S/c1-2-15(21)18-11-5-6-13(20)12(9-11)16(22)19-14-10-25(23,24)17(14)7-3-4-8-17/h2,5-6,9,14,20H,1,3-4,7-8,10H2,(H,18,21)(H,19,22). The van der Waals surface area contributed by atoms with Gasteiger partial charge in [0, 0.05) is 5.69 Å². The Morgan fingerprint density at radius 2 is 1.96 bits per heavy atom. The summed E-state index contributed by atoms with van der Waals surface area (Å²) in [6.07, 6.45) is 3.87. The normalized spacial score (nSPS) is 22.8. The molecule has 0 aromatic heterocycles. The Labute approximate surface area is 146 Å². The van der Waals surface area contributed by atoms with Gasteiger partial charge < -0.3 is 15.7 Å². The van der Waals surface area contributed by atoms with Crippen molar-refractivity contribution in [2.24, 2.45) is 0 Å². The number of aromatic hydroxyl groups is 1. The lowest BCUT2D eigenvalue weighted by Crippen LogP contribution is -2.68. The van der Waals surface area contributed by atoms with Gasteiger partial charge in [0.15, 0.2) is 9.84 Å². The van der Waals surface area contributed by atoms with Gasteiger partial charge in [0.05, 0.1) is 22.1 Å². The third-order valence-electron chi connectivity index (χ3n) is 5.09. The molecule has 7 nitrogen and oxygen atoms in total. The van der Waals surface area contributed by atoms with Crippen molar-refractivity contribution in [1.29, 1.82) is 0 Å². The van der Waals surface area contributed by atoms with Crippen molar-refractivity contribution >= 4 is 27.3 Å². The van der Waals surface area contributed by atoms with Crippen molar-refractivity contribution in [3.63, 3.8) is 0 Å². The van der Waals surface area contributed by atoms with E-state index in [-0.39, 0.29) is 17.1 Å². The number of phenols is 1. The first-order valence-corrected chi connectivity index (χ1v) is 9.74. The highest BCUT2D eigenvalue weighted by atomic mass is 32.2. The molecular formula is C17H20N2O5S. The molecule has 1 saturated heterocycles. The maximum atomic E-state index is 12.5. The molecule has 134 valence electrons. The average Bonchev–Trinajstić information content (AvgIpc) is 3.09. The molecule has 1 saturated carbocycles. The SMILES string of the molecule is C=CC(=O)Nc1ccc(O)c(C(=O)NC2CS(=O)(=O)C23CCCC3)c1. The van der Waals surface area contributed by atoms with Crippen LogP contribution in [0.1, 0.15) is 36.0 Å². The summed E-state index contributed by atoms with van der Waals surface area (Å²) >= 11 is 0. The van der Waals surface area contributed by atoms with Crippen molar-refractivity contribution in [2.45, 2.75) is 36.5 Å². The molecule has 1 aliphatic carbocycles. The van der Waals surface area contributed by atoms with Crippen LogP contribution in [-0.2, 0) is 14.6 Å². The van der Waals surface area contributed by atoms with Gasteiger partial charge in [-0.25, -0.2) is 8.42 Å². The van der Waals surface area contributed by atoms with Crippen LogP contribution in [0.3, 0.4) is 0 Å². The number of rotatable bonds is 4.